The van der Waals surface area contributed by atoms with Crippen LogP contribution >= 0.6 is 23.1 Å². The Kier molecular flexibility index (Phi) is 7.57. The lowest BCUT2D eigenvalue weighted by Crippen LogP contribution is -2.48. The van der Waals surface area contributed by atoms with Gasteiger partial charge in [0, 0.05) is 49.7 Å². The number of hydrogen-bond donors (Lipinski definition) is 0. The van der Waals surface area contributed by atoms with Crippen LogP contribution in [-0.2, 0) is 10.0 Å². The van der Waals surface area contributed by atoms with E-state index in [0.717, 1.165) is 49.4 Å². The number of amides is 1. The lowest BCUT2D eigenvalue weighted by atomic mass is 9.96. The molecule has 0 unspecified atom stereocenters. The Balaban J connectivity index is 1.22. The van der Waals surface area contributed by atoms with E-state index in [1.54, 1.807) is 54.4 Å². The summed E-state index contributed by atoms with van der Waals surface area (Å²) in [7, 11) is -1.89. The Hall–Kier alpha value is -2.14. The van der Waals surface area contributed by atoms with Crippen LogP contribution in [-0.4, -0.2) is 74.0 Å². The van der Waals surface area contributed by atoms with Crippen molar-refractivity contribution in [1.29, 1.82) is 0 Å². The van der Waals surface area contributed by atoms with Gasteiger partial charge in [0.2, 0.25) is 10.0 Å². The van der Waals surface area contributed by atoms with Crippen LogP contribution in [0.25, 0.3) is 10.2 Å². The highest BCUT2D eigenvalue weighted by molar-refractivity contribution is 7.98. The normalized spacial score (nSPS) is 17.8. The Bertz CT molecular complexity index is 1330. The third kappa shape index (κ3) is 5.01. The third-order valence-corrected chi connectivity index (χ3v) is 11.1. The molecular weight excluding hydrogens is 513 g/mol. The Labute approximate surface area is 221 Å². The van der Waals surface area contributed by atoms with Gasteiger partial charge in [-0.2, -0.15) is 4.31 Å². The number of fused-ring (bicyclic) bond motifs is 1. The molecular formula is C26H32N4O3S3. The zero-order chi connectivity index (χ0) is 25.3. The fourth-order valence-electron chi connectivity index (χ4n) is 5.07. The third-order valence-electron chi connectivity index (χ3n) is 7.30. The van der Waals surface area contributed by atoms with Crippen molar-refractivity contribution in [3.05, 3.63) is 48.0 Å². The van der Waals surface area contributed by atoms with Crippen molar-refractivity contribution in [3.8, 4) is 0 Å². The Morgan fingerprint density at radius 2 is 1.72 bits per heavy atom. The first-order valence-corrected chi connectivity index (χ1v) is 15.9. The van der Waals surface area contributed by atoms with Gasteiger partial charge in [-0.3, -0.25) is 4.79 Å². The number of rotatable bonds is 6. The summed E-state index contributed by atoms with van der Waals surface area (Å²) in [6.07, 6.45) is 7.21. The quantitative estimate of drug-likeness (QED) is 0.410. The second-order valence-electron chi connectivity index (χ2n) is 9.42. The molecule has 2 aromatic carbocycles. The number of carbonyl (C=O) groups excluding carboxylic acids is 1. The Morgan fingerprint density at radius 3 is 2.39 bits per heavy atom. The fraction of sp³-hybridized carbons (Fsp3) is 0.462. The van der Waals surface area contributed by atoms with E-state index in [1.165, 1.54) is 20.3 Å². The minimum Gasteiger partial charge on any atom is -0.345 e. The maximum Gasteiger partial charge on any atom is 0.253 e. The Morgan fingerprint density at radius 1 is 1.03 bits per heavy atom. The number of benzene rings is 2. The first-order chi connectivity index (χ1) is 17.4. The highest BCUT2D eigenvalue weighted by Gasteiger charge is 2.30. The van der Waals surface area contributed by atoms with Crippen LogP contribution in [0.4, 0.5) is 5.13 Å². The molecule has 10 heteroatoms. The largest absolute Gasteiger partial charge is 0.345 e. The minimum absolute atomic E-state index is 0.0593. The molecule has 36 heavy (non-hydrogen) atoms. The summed E-state index contributed by atoms with van der Waals surface area (Å²) in [5.74, 6) is -0.0618. The van der Waals surface area contributed by atoms with Gasteiger partial charge in [0.25, 0.3) is 5.91 Å². The summed E-state index contributed by atoms with van der Waals surface area (Å²) in [5, 5.41) is 0.996. The summed E-state index contributed by atoms with van der Waals surface area (Å²) >= 11 is 3.40. The van der Waals surface area contributed by atoms with Gasteiger partial charge >= 0.3 is 0 Å². The van der Waals surface area contributed by atoms with E-state index in [9.17, 15) is 13.2 Å². The molecule has 5 rings (SSSR count). The van der Waals surface area contributed by atoms with Crippen LogP contribution < -0.4 is 4.90 Å². The molecule has 2 heterocycles. The van der Waals surface area contributed by atoms with E-state index < -0.39 is 10.0 Å². The van der Waals surface area contributed by atoms with Crippen LogP contribution in [0.3, 0.4) is 0 Å². The number of nitrogens with zero attached hydrogens (tertiary/aromatic N) is 4. The van der Waals surface area contributed by atoms with E-state index in [2.05, 4.69) is 29.4 Å². The predicted octanol–water partition coefficient (Wildman–Crippen LogP) is 4.93. The van der Waals surface area contributed by atoms with E-state index in [1.807, 2.05) is 4.90 Å². The maximum atomic E-state index is 13.1. The van der Waals surface area contributed by atoms with Gasteiger partial charge in [0.15, 0.2) is 5.13 Å². The van der Waals surface area contributed by atoms with Crippen molar-refractivity contribution >= 4 is 54.4 Å². The topological polar surface area (TPSA) is 73.8 Å². The summed E-state index contributed by atoms with van der Waals surface area (Å²) in [5.41, 5.74) is 1.57. The number of piperazine rings is 1. The number of para-hydroxylation sites is 1. The van der Waals surface area contributed by atoms with Gasteiger partial charge in [-0.25, -0.2) is 13.4 Å². The summed E-state index contributed by atoms with van der Waals surface area (Å²) in [6.45, 7) is 2.65. The maximum absolute atomic E-state index is 13.1. The molecule has 0 N–H and O–H groups in total. The number of sulfonamides is 1. The van der Waals surface area contributed by atoms with Gasteiger partial charge in [0.1, 0.15) is 0 Å². The highest BCUT2D eigenvalue weighted by atomic mass is 32.2. The minimum atomic E-state index is -3.57. The van der Waals surface area contributed by atoms with E-state index in [4.69, 9.17) is 4.98 Å². The molecule has 0 radical (unpaired) electrons. The molecule has 0 atom stereocenters. The van der Waals surface area contributed by atoms with E-state index in [0.29, 0.717) is 18.7 Å². The fourth-order valence-corrected chi connectivity index (χ4v) is 8.16. The standard InChI is InChI=1S/C26H32N4O3S3/c1-28(20-7-4-3-5-8-20)36(32,33)21-13-11-19(12-14-21)25(31)29-15-17-30(18-16-29)26-27-24-22(34-2)9-6-10-23(24)35-26/h6,9-14,20H,3-5,7-8,15-18H2,1-2H3. The van der Waals surface area contributed by atoms with Crippen LogP contribution in [0.15, 0.2) is 52.3 Å². The molecule has 0 spiro atoms. The van der Waals surface area contributed by atoms with Crippen molar-refractivity contribution in [1.82, 2.24) is 14.2 Å². The average molecular weight is 545 g/mol. The van der Waals surface area contributed by atoms with Crippen molar-refractivity contribution < 1.29 is 13.2 Å². The number of thioether (sulfide) groups is 1. The molecule has 7 nitrogen and oxygen atoms in total. The molecule has 1 aliphatic carbocycles. The number of anilines is 1. The van der Waals surface area contributed by atoms with Crippen molar-refractivity contribution in [2.75, 3.05) is 44.4 Å². The van der Waals surface area contributed by atoms with Crippen molar-refractivity contribution in [3.63, 3.8) is 0 Å². The first kappa shape index (κ1) is 25.5. The van der Waals surface area contributed by atoms with Crippen molar-refractivity contribution in [2.45, 2.75) is 47.9 Å². The number of carbonyl (C=O) groups is 1. The van der Waals surface area contributed by atoms with Crippen LogP contribution in [0, 0.1) is 0 Å². The number of thiazole rings is 1. The van der Waals surface area contributed by atoms with Crippen molar-refractivity contribution in [2.24, 2.45) is 0 Å². The summed E-state index contributed by atoms with van der Waals surface area (Å²) in [4.78, 5) is 23.5. The molecule has 1 aliphatic heterocycles. The smallest absolute Gasteiger partial charge is 0.253 e. The van der Waals surface area contributed by atoms with Crippen LogP contribution in [0.2, 0.25) is 0 Å². The van der Waals surface area contributed by atoms with Crippen LogP contribution in [0.1, 0.15) is 42.5 Å². The van der Waals surface area contributed by atoms with E-state index >= 15 is 0 Å². The molecule has 2 aliphatic rings. The number of hydrogen-bond acceptors (Lipinski definition) is 7. The van der Waals surface area contributed by atoms with Crippen LogP contribution in [0.5, 0.6) is 0 Å². The van der Waals surface area contributed by atoms with Gasteiger partial charge in [-0.15, -0.1) is 11.8 Å². The number of aromatic nitrogens is 1. The SMILES string of the molecule is CSc1cccc2sc(N3CCN(C(=O)c4ccc(S(=O)(=O)N(C)C5CCCCC5)cc4)CC3)nc12. The molecule has 1 saturated heterocycles. The molecule has 3 aromatic rings. The molecule has 1 amide bonds. The monoisotopic (exact) mass is 544 g/mol. The molecule has 1 saturated carbocycles. The zero-order valence-electron chi connectivity index (χ0n) is 20.7. The van der Waals surface area contributed by atoms with Gasteiger partial charge < -0.3 is 9.80 Å². The lowest BCUT2D eigenvalue weighted by Gasteiger charge is -2.34. The van der Waals surface area contributed by atoms with E-state index in [-0.39, 0.29) is 16.8 Å². The average Bonchev–Trinajstić information content (AvgIpc) is 3.37. The molecule has 192 valence electrons. The first-order valence-electron chi connectivity index (χ1n) is 12.4. The lowest BCUT2D eigenvalue weighted by molar-refractivity contribution is 0.0746. The van der Waals surface area contributed by atoms with Gasteiger partial charge in [-0.1, -0.05) is 36.7 Å². The van der Waals surface area contributed by atoms with Gasteiger partial charge in [-0.05, 0) is 55.5 Å². The molecule has 1 aromatic heterocycles. The molecule has 0 bridgehead atoms. The summed E-state index contributed by atoms with van der Waals surface area (Å²) < 4.78 is 28.9. The second-order valence-corrected chi connectivity index (χ2v) is 13.3. The predicted molar refractivity (Wildman–Crippen MR) is 148 cm³/mol. The zero-order valence-corrected chi connectivity index (χ0v) is 23.2. The molecule has 2 fully saturated rings. The second kappa shape index (κ2) is 10.7. The summed E-state index contributed by atoms with van der Waals surface area (Å²) in [6, 6.07) is 12.8. The highest BCUT2D eigenvalue weighted by Crippen LogP contribution is 2.34. The van der Waals surface area contributed by atoms with Gasteiger partial charge in [0.05, 0.1) is 15.1 Å².